The number of aryl methyl sites for hydroxylation is 1. The van der Waals surface area contributed by atoms with Gasteiger partial charge in [-0.2, -0.15) is 0 Å². The number of aliphatic imine (C=N–C) groups is 1. The summed E-state index contributed by atoms with van der Waals surface area (Å²) in [7, 11) is 0. The molecule has 0 saturated carbocycles. The molecule has 0 atom stereocenters. The first-order valence-corrected chi connectivity index (χ1v) is 8.43. The molecule has 0 aliphatic heterocycles. The molecule has 0 amide bonds. The Labute approximate surface area is 159 Å². The molecule has 2 heterocycles. The van der Waals surface area contributed by atoms with Crippen LogP contribution in [0.25, 0.3) is 0 Å². The number of thiophene rings is 1. The Kier molecular flexibility index (Phi) is 8.60. The molecule has 2 N–H and O–H groups in total. The van der Waals surface area contributed by atoms with E-state index in [2.05, 4.69) is 60.6 Å². The molecule has 0 aliphatic rings. The summed E-state index contributed by atoms with van der Waals surface area (Å²) in [4.78, 5) is 7.16. The SMILES string of the molecule is CCNC(=NCc1cc(C(C)C)no1)NCc1ccc(C)s1.I. The Morgan fingerprint density at radius 2 is 2.13 bits per heavy atom. The second kappa shape index (κ2) is 9.92. The summed E-state index contributed by atoms with van der Waals surface area (Å²) in [5.41, 5.74) is 0.970. The molecule has 0 spiro atoms. The largest absolute Gasteiger partial charge is 0.359 e. The van der Waals surface area contributed by atoms with Crippen molar-refractivity contribution in [2.75, 3.05) is 6.54 Å². The summed E-state index contributed by atoms with van der Waals surface area (Å²) in [5.74, 6) is 1.94. The van der Waals surface area contributed by atoms with Crippen molar-refractivity contribution in [2.24, 2.45) is 4.99 Å². The first-order chi connectivity index (χ1) is 10.6. The van der Waals surface area contributed by atoms with Gasteiger partial charge in [0.25, 0.3) is 0 Å². The molecule has 2 rings (SSSR count). The van der Waals surface area contributed by atoms with E-state index in [1.54, 1.807) is 11.3 Å². The van der Waals surface area contributed by atoms with Crippen molar-refractivity contribution in [3.63, 3.8) is 0 Å². The lowest BCUT2D eigenvalue weighted by Crippen LogP contribution is -2.36. The fourth-order valence-corrected chi connectivity index (χ4v) is 2.76. The van der Waals surface area contributed by atoms with Crippen LogP contribution >= 0.6 is 35.3 Å². The van der Waals surface area contributed by atoms with Crippen LogP contribution in [0.4, 0.5) is 0 Å². The van der Waals surface area contributed by atoms with Crippen LogP contribution in [0, 0.1) is 6.92 Å². The number of nitrogens with one attached hydrogen (secondary N) is 2. The van der Waals surface area contributed by atoms with Gasteiger partial charge in [0.15, 0.2) is 11.7 Å². The van der Waals surface area contributed by atoms with Gasteiger partial charge in [0.1, 0.15) is 6.54 Å². The van der Waals surface area contributed by atoms with Crippen LogP contribution in [0.5, 0.6) is 0 Å². The van der Waals surface area contributed by atoms with Crippen molar-refractivity contribution < 1.29 is 4.52 Å². The molecule has 0 aromatic carbocycles. The Balaban J connectivity index is 0.00000264. The molecule has 128 valence electrons. The summed E-state index contributed by atoms with van der Waals surface area (Å²) in [5, 5.41) is 10.6. The monoisotopic (exact) mass is 448 g/mol. The number of halogens is 1. The zero-order valence-corrected chi connectivity index (χ0v) is 17.2. The molecule has 0 unspecified atom stereocenters. The maximum Gasteiger partial charge on any atom is 0.191 e. The Bertz CT molecular complexity index is 621. The summed E-state index contributed by atoms with van der Waals surface area (Å²) in [6.07, 6.45) is 0. The van der Waals surface area contributed by atoms with Gasteiger partial charge in [-0.1, -0.05) is 19.0 Å². The van der Waals surface area contributed by atoms with Crippen LogP contribution in [0.1, 0.15) is 47.9 Å². The minimum Gasteiger partial charge on any atom is -0.359 e. The standard InChI is InChI=1S/C16H24N4OS.HI/c1-5-17-16(19-10-14-7-6-12(4)22-14)18-9-13-8-15(11(2)3)20-21-13;/h6-8,11H,5,9-10H2,1-4H3,(H2,17,18,19);1H. The molecule has 2 aromatic heterocycles. The average Bonchev–Trinajstić information content (AvgIpc) is 3.11. The third-order valence-corrected chi connectivity index (χ3v) is 4.13. The number of aromatic nitrogens is 1. The molecular weight excluding hydrogens is 423 g/mol. The van der Waals surface area contributed by atoms with E-state index in [4.69, 9.17) is 4.52 Å². The van der Waals surface area contributed by atoms with E-state index in [1.165, 1.54) is 9.75 Å². The second-order valence-corrected chi connectivity index (χ2v) is 6.81. The predicted octanol–water partition coefficient (Wildman–Crippen LogP) is 4.04. The number of hydrogen-bond acceptors (Lipinski definition) is 4. The van der Waals surface area contributed by atoms with Gasteiger partial charge < -0.3 is 15.2 Å². The van der Waals surface area contributed by atoms with E-state index in [-0.39, 0.29) is 24.0 Å². The summed E-state index contributed by atoms with van der Waals surface area (Å²) in [6, 6.07) is 6.25. The van der Waals surface area contributed by atoms with Gasteiger partial charge in [-0.15, -0.1) is 35.3 Å². The summed E-state index contributed by atoms with van der Waals surface area (Å²) < 4.78 is 5.31. The number of guanidine groups is 1. The van der Waals surface area contributed by atoms with Gasteiger partial charge in [-0.05, 0) is 31.9 Å². The quantitative estimate of drug-likeness (QED) is 0.398. The van der Waals surface area contributed by atoms with Gasteiger partial charge in [-0.25, -0.2) is 4.99 Å². The highest BCUT2D eigenvalue weighted by molar-refractivity contribution is 14.0. The van der Waals surface area contributed by atoms with Crippen LogP contribution < -0.4 is 10.6 Å². The second-order valence-electron chi connectivity index (χ2n) is 5.43. The molecule has 2 aromatic rings. The maximum absolute atomic E-state index is 5.31. The molecule has 0 saturated heterocycles. The van der Waals surface area contributed by atoms with Crippen LogP contribution in [0.15, 0.2) is 27.7 Å². The summed E-state index contributed by atoms with van der Waals surface area (Å²) in [6.45, 7) is 10.4. The fourth-order valence-electron chi connectivity index (χ4n) is 1.93. The average molecular weight is 448 g/mol. The minimum atomic E-state index is 0. The van der Waals surface area contributed by atoms with Crippen LogP contribution in [-0.4, -0.2) is 17.7 Å². The maximum atomic E-state index is 5.31. The van der Waals surface area contributed by atoms with Crippen molar-refractivity contribution >= 4 is 41.3 Å². The molecule has 0 radical (unpaired) electrons. The zero-order valence-electron chi connectivity index (χ0n) is 14.0. The van der Waals surface area contributed by atoms with Crippen LogP contribution in [-0.2, 0) is 13.1 Å². The molecule has 23 heavy (non-hydrogen) atoms. The topological polar surface area (TPSA) is 62.5 Å². The first kappa shape index (κ1) is 20.0. The van der Waals surface area contributed by atoms with Crippen molar-refractivity contribution in [2.45, 2.75) is 46.7 Å². The number of nitrogens with zero attached hydrogens (tertiary/aromatic N) is 2. The highest BCUT2D eigenvalue weighted by atomic mass is 127. The van der Waals surface area contributed by atoms with Gasteiger partial charge in [0, 0.05) is 22.4 Å². The normalized spacial score (nSPS) is 11.4. The Morgan fingerprint density at radius 3 is 2.70 bits per heavy atom. The first-order valence-electron chi connectivity index (χ1n) is 7.61. The molecule has 5 nitrogen and oxygen atoms in total. The highest BCUT2D eigenvalue weighted by Crippen LogP contribution is 2.15. The molecule has 0 bridgehead atoms. The van der Waals surface area contributed by atoms with Gasteiger partial charge >= 0.3 is 0 Å². The van der Waals surface area contributed by atoms with E-state index >= 15 is 0 Å². The van der Waals surface area contributed by atoms with Crippen molar-refractivity contribution in [1.29, 1.82) is 0 Å². The van der Waals surface area contributed by atoms with E-state index < -0.39 is 0 Å². The number of hydrogen-bond donors (Lipinski definition) is 2. The van der Waals surface area contributed by atoms with E-state index in [0.717, 1.165) is 30.5 Å². The molecule has 7 heteroatoms. The van der Waals surface area contributed by atoms with Gasteiger partial charge in [0.2, 0.25) is 0 Å². The zero-order chi connectivity index (χ0) is 15.9. The molecule has 0 aliphatic carbocycles. The number of rotatable bonds is 6. The van der Waals surface area contributed by atoms with Crippen molar-refractivity contribution in [3.05, 3.63) is 39.4 Å². The minimum absolute atomic E-state index is 0. The fraction of sp³-hybridized carbons (Fsp3) is 0.500. The van der Waals surface area contributed by atoms with E-state index in [0.29, 0.717) is 12.5 Å². The van der Waals surface area contributed by atoms with Gasteiger partial charge in [-0.3, -0.25) is 0 Å². The lowest BCUT2D eigenvalue weighted by Gasteiger charge is -2.09. The third kappa shape index (κ3) is 6.50. The van der Waals surface area contributed by atoms with Gasteiger partial charge in [0.05, 0.1) is 12.2 Å². The Morgan fingerprint density at radius 1 is 1.35 bits per heavy atom. The van der Waals surface area contributed by atoms with Crippen LogP contribution in [0.2, 0.25) is 0 Å². The van der Waals surface area contributed by atoms with E-state index in [9.17, 15) is 0 Å². The van der Waals surface area contributed by atoms with Crippen LogP contribution in [0.3, 0.4) is 0 Å². The Hall–Kier alpha value is -1.09. The predicted molar refractivity (Wildman–Crippen MR) is 107 cm³/mol. The lowest BCUT2D eigenvalue weighted by molar-refractivity contribution is 0.376. The smallest absolute Gasteiger partial charge is 0.191 e. The van der Waals surface area contributed by atoms with Crippen molar-refractivity contribution in [3.8, 4) is 0 Å². The lowest BCUT2D eigenvalue weighted by atomic mass is 10.1. The van der Waals surface area contributed by atoms with Crippen molar-refractivity contribution in [1.82, 2.24) is 15.8 Å². The summed E-state index contributed by atoms with van der Waals surface area (Å²) >= 11 is 1.80. The molecule has 0 fully saturated rings. The van der Waals surface area contributed by atoms with E-state index in [1.807, 2.05) is 6.07 Å². The molecular formula is C16H25IN4OS. The third-order valence-electron chi connectivity index (χ3n) is 3.13. The highest BCUT2D eigenvalue weighted by Gasteiger charge is 2.07.